The number of aryl methyl sites for hydroxylation is 1. The van der Waals surface area contributed by atoms with Gasteiger partial charge in [-0.15, -0.1) is 0 Å². The number of hydrogen-bond donors (Lipinski definition) is 1. The van der Waals surface area contributed by atoms with Gasteiger partial charge in [0.25, 0.3) is 0 Å². The van der Waals surface area contributed by atoms with Gasteiger partial charge in [0.2, 0.25) is 0 Å². The number of H-pyrrole nitrogens is 1. The Balaban J connectivity index is 2.19. The number of allylic oxidation sites excluding steroid dienone is 5. The van der Waals surface area contributed by atoms with Crippen molar-refractivity contribution in [2.24, 2.45) is 7.05 Å². The van der Waals surface area contributed by atoms with Gasteiger partial charge in [-0.25, -0.2) is 4.39 Å². The van der Waals surface area contributed by atoms with Crippen LogP contribution in [0, 0.1) is 0 Å². The molecule has 6 heteroatoms. The van der Waals surface area contributed by atoms with E-state index in [4.69, 9.17) is 0 Å². The minimum Gasteiger partial charge on any atom is -0.276 e. The van der Waals surface area contributed by atoms with Gasteiger partial charge < -0.3 is 0 Å². The van der Waals surface area contributed by atoms with Gasteiger partial charge >= 0.3 is 0 Å². The molecule has 0 radical (unpaired) electrons. The fourth-order valence-electron chi connectivity index (χ4n) is 2.62. The second-order valence-electron chi connectivity index (χ2n) is 5.72. The molecule has 24 heavy (non-hydrogen) atoms. The second-order valence-corrected chi connectivity index (χ2v) is 5.72. The molecule has 3 rings (SSSR count). The Morgan fingerprint density at radius 1 is 1.33 bits per heavy atom. The van der Waals surface area contributed by atoms with Crippen molar-refractivity contribution in [2.75, 3.05) is 0 Å². The second kappa shape index (κ2) is 6.23. The van der Waals surface area contributed by atoms with Crippen molar-refractivity contribution in [3.05, 3.63) is 60.5 Å². The molecule has 122 valence electrons. The lowest BCUT2D eigenvalue weighted by molar-refractivity contribution is 0.672. The van der Waals surface area contributed by atoms with Gasteiger partial charge in [-0.2, -0.15) is 10.2 Å². The molecule has 0 bridgehead atoms. The molecule has 0 saturated heterocycles. The average Bonchev–Trinajstić information content (AvgIpc) is 3.13. The van der Waals surface area contributed by atoms with E-state index in [2.05, 4.69) is 26.9 Å². The summed E-state index contributed by atoms with van der Waals surface area (Å²) in [5.74, 6) is -0.358. The molecule has 0 unspecified atom stereocenters. The predicted molar refractivity (Wildman–Crippen MR) is 93.7 cm³/mol. The molecule has 3 aromatic heterocycles. The maximum atomic E-state index is 14.4. The lowest BCUT2D eigenvalue weighted by atomic mass is 10.0. The van der Waals surface area contributed by atoms with Gasteiger partial charge in [-0.3, -0.25) is 14.8 Å². The van der Waals surface area contributed by atoms with Crippen molar-refractivity contribution in [3.63, 3.8) is 0 Å². The Morgan fingerprint density at radius 2 is 2.12 bits per heavy atom. The Labute approximate surface area is 139 Å². The van der Waals surface area contributed by atoms with Crippen molar-refractivity contribution in [1.82, 2.24) is 25.0 Å². The number of nitrogens with one attached hydrogen (secondary N) is 1. The first kappa shape index (κ1) is 15.9. The van der Waals surface area contributed by atoms with Crippen molar-refractivity contribution in [3.8, 4) is 11.3 Å². The van der Waals surface area contributed by atoms with Crippen molar-refractivity contribution in [2.45, 2.75) is 13.8 Å². The maximum Gasteiger partial charge on any atom is 0.132 e. The van der Waals surface area contributed by atoms with Crippen LogP contribution in [0.3, 0.4) is 0 Å². The maximum absolute atomic E-state index is 14.4. The quantitative estimate of drug-likeness (QED) is 0.732. The molecule has 0 saturated carbocycles. The van der Waals surface area contributed by atoms with E-state index >= 15 is 0 Å². The van der Waals surface area contributed by atoms with E-state index in [1.807, 2.05) is 33.2 Å². The number of aromatic amines is 1. The number of rotatable bonds is 4. The number of halogens is 1. The van der Waals surface area contributed by atoms with Gasteiger partial charge in [0.05, 0.1) is 23.6 Å². The summed E-state index contributed by atoms with van der Waals surface area (Å²) in [6.07, 6.45) is 8.06. The first-order valence-electron chi connectivity index (χ1n) is 7.51. The highest BCUT2D eigenvalue weighted by Gasteiger charge is 2.15. The third-order valence-electron chi connectivity index (χ3n) is 3.68. The fraction of sp³-hybridized carbons (Fsp3) is 0.167. The Kier molecular flexibility index (Phi) is 4.12. The van der Waals surface area contributed by atoms with E-state index in [0.29, 0.717) is 11.3 Å². The molecule has 0 fully saturated rings. The largest absolute Gasteiger partial charge is 0.276 e. The monoisotopic (exact) mass is 323 g/mol. The number of nitrogens with zero attached hydrogens (tertiary/aromatic N) is 4. The topological polar surface area (TPSA) is 59.4 Å². The van der Waals surface area contributed by atoms with Crippen molar-refractivity contribution < 1.29 is 4.39 Å². The van der Waals surface area contributed by atoms with E-state index in [0.717, 1.165) is 27.7 Å². The SMILES string of the molecule is C=C/C=C(/F)C(=C(C)C)c1cc2c(-c3cnn(C)c3)n[nH]c2cn1. The molecule has 0 aliphatic rings. The van der Waals surface area contributed by atoms with E-state index in [-0.39, 0.29) is 5.83 Å². The van der Waals surface area contributed by atoms with E-state index in [1.165, 1.54) is 12.2 Å². The first-order chi connectivity index (χ1) is 11.5. The number of pyridine rings is 1. The van der Waals surface area contributed by atoms with Crippen LogP contribution in [0.25, 0.3) is 27.7 Å². The van der Waals surface area contributed by atoms with Crippen LogP contribution in [0.5, 0.6) is 0 Å². The average molecular weight is 323 g/mol. The zero-order valence-corrected chi connectivity index (χ0v) is 13.8. The fourth-order valence-corrected chi connectivity index (χ4v) is 2.62. The third-order valence-corrected chi connectivity index (χ3v) is 3.68. The van der Waals surface area contributed by atoms with Crippen LogP contribution in [0.15, 0.2) is 54.8 Å². The Bertz CT molecular complexity index is 970. The smallest absolute Gasteiger partial charge is 0.132 e. The zero-order chi connectivity index (χ0) is 17.3. The van der Waals surface area contributed by atoms with Crippen LogP contribution in [0.2, 0.25) is 0 Å². The summed E-state index contributed by atoms with van der Waals surface area (Å²) in [5, 5.41) is 12.4. The summed E-state index contributed by atoms with van der Waals surface area (Å²) in [5.41, 5.74) is 4.31. The molecule has 3 heterocycles. The number of fused-ring (bicyclic) bond motifs is 1. The minimum atomic E-state index is -0.358. The molecular weight excluding hydrogens is 305 g/mol. The van der Waals surface area contributed by atoms with Crippen molar-refractivity contribution in [1.29, 1.82) is 0 Å². The highest BCUT2D eigenvalue weighted by atomic mass is 19.1. The predicted octanol–water partition coefficient (Wildman–Crippen LogP) is 4.19. The molecule has 0 aromatic carbocycles. The summed E-state index contributed by atoms with van der Waals surface area (Å²) >= 11 is 0. The standard InChI is InChI=1S/C18H18FN5/c1-5-6-14(19)17(11(2)3)15-7-13-16(9-20-15)22-23-18(13)12-8-21-24(4)10-12/h5-10H,1H2,2-4H3,(H,22,23)/b14-6+. The van der Waals surface area contributed by atoms with Crippen LogP contribution in [-0.4, -0.2) is 25.0 Å². The van der Waals surface area contributed by atoms with Gasteiger partial charge in [0.15, 0.2) is 0 Å². The third kappa shape index (κ3) is 2.78. The molecule has 0 atom stereocenters. The Hall–Kier alpha value is -3.02. The van der Waals surface area contributed by atoms with Gasteiger partial charge in [-0.1, -0.05) is 18.2 Å². The first-order valence-corrected chi connectivity index (χ1v) is 7.51. The zero-order valence-electron chi connectivity index (χ0n) is 13.8. The van der Waals surface area contributed by atoms with Gasteiger partial charge in [0, 0.05) is 29.8 Å². The summed E-state index contributed by atoms with van der Waals surface area (Å²) in [4.78, 5) is 4.38. The lowest BCUT2D eigenvalue weighted by Crippen LogP contribution is -1.93. The summed E-state index contributed by atoms with van der Waals surface area (Å²) < 4.78 is 16.1. The van der Waals surface area contributed by atoms with Crippen LogP contribution in [-0.2, 0) is 7.05 Å². The highest BCUT2D eigenvalue weighted by Crippen LogP contribution is 2.31. The summed E-state index contributed by atoms with van der Waals surface area (Å²) in [6, 6.07) is 1.85. The van der Waals surface area contributed by atoms with E-state index < -0.39 is 0 Å². The molecule has 0 aliphatic heterocycles. The van der Waals surface area contributed by atoms with Crippen LogP contribution in [0.1, 0.15) is 19.5 Å². The lowest BCUT2D eigenvalue weighted by Gasteiger charge is -2.07. The van der Waals surface area contributed by atoms with Gasteiger partial charge in [0.1, 0.15) is 11.5 Å². The molecule has 5 nitrogen and oxygen atoms in total. The summed E-state index contributed by atoms with van der Waals surface area (Å²) in [6.45, 7) is 7.26. The molecule has 0 aliphatic carbocycles. The molecule has 0 spiro atoms. The van der Waals surface area contributed by atoms with Crippen LogP contribution in [0.4, 0.5) is 4.39 Å². The van der Waals surface area contributed by atoms with Gasteiger partial charge in [-0.05, 0) is 26.0 Å². The number of aromatic nitrogens is 5. The highest BCUT2D eigenvalue weighted by molar-refractivity contribution is 5.94. The molecular formula is C18H18FN5. The Morgan fingerprint density at radius 3 is 2.75 bits per heavy atom. The normalized spacial score (nSPS) is 11.8. The summed E-state index contributed by atoms with van der Waals surface area (Å²) in [7, 11) is 1.85. The van der Waals surface area contributed by atoms with Crippen LogP contribution < -0.4 is 0 Å². The molecule has 3 aromatic rings. The number of hydrogen-bond acceptors (Lipinski definition) is 3. The van der Waals surface area contributed by atoms with E-state index in [9.17, 15) is 4.39 Å². The van der Waals surface area contributed by atoms with Crippen molar-refractivity contribution >= 4 is 16.5 Å². The van der Waals surface area contributed by atoms with Crippen LogP contribution >= 0.6 is 0 Å². The minimum absolute atomic E-state index is 0.358. The molecule has 0 amide bonds. The molecule has 1 N–H and O–H groups in total. The van der Waals surface area contributed by atoms with E-state index in [1.54, 1.807) is 17.1 Å².